The summed E-state index contributed by atoms with van der Waals surface area (Å²) in [7, 11) is 0. The minimum Gasteiger partial charge on any atom is -0.493 e. The number of carbonyl (C=O) groups is 3. The molecule has 0 heterocycles. The second-order valence-electron chi connectivity index (χ2n) is 13.1. The van der Waals surface area contributed by atoms with Gasteiger partial charge in [0.2, 0.25) is 17.7 Å². The van der Waals surface area contributed by atoms with Crippen LogP contribution in [0.1, 0.15) is 96.1 Å². The molecule has 1 aliphatic carbocycles. The quantitative estimate of drug-likeness (QED) is 0.172. The highest BCUT2D eigenvalue weighted by atomic mass is 16.5. The number of hydrogen-bond donors (Lipinski definition) is 4. The molecule has 248 valence electrons. The predicted octanol–water partition coefficient (Wildman–Crippen LogP) is 5.64. The molecule has 3 amide bonds. The van der Waals surface area contributed by atoms with E-state index < -0.39 is 18.2 Å². The number of benzene rings is 2. The lowest BCUT2D eigenvalue weighted by Crippen LogP contribution is -2.53. The molecular formula is C37H55N3O5. The van der Waals surface area contributed by atoms with Crippen molar-refractivity contribution in [2.24, 2.45) is 11.8 Å². The molecule has 3 rings (SSSR count). The first-order chi connectivity index (χ1) is 21.6. The van der Waals surface area contributed by atoms with Gasteiger partial charge >= 0.3 is 0 Å². The molecular weight excluding hydrogens is 566 g/mol. The molecule has 8 nitrogen and oxygen atoms in total. The largest absolute Gasteiger partial charge is 0.493 e. The standard InChI is InChI=1S/C37H55N3O5/c1-26(2)36(38-28(4)41)37(44)39-31(17-11-16-29-12-7-5-8-13-29)25-34(42)33(24-30-14-9-6-10-15-30)40-35(43)22-23-45-32-20-18-27(3)19-21-32/h6,9-10,14-15,18-21,26,29,31,33-34,36,42H,5,7-8,11-13,16-17,22-25H2,1-4H3,(H,38,41)(H,39,44)(H,40,43)/t31-,33-,34-,36-/m0/s1. The summed E-state index contributed by atoms with van der Waals surface area (Å²) in [5.41, 5.74) is 2.14. The zero-order chi connectivity index (χ0) is 32.6. The van der Waals surface area contributed by atoms with E-state index in [1.165, 1.54) is 39.0 Å². The summed E-state index contributed by atoms with van der Waals surface area (Å²) in [6.45, 7) is 7.45. The minimum atomic E-state index is -0.898. The van der Waals surface area contributed by atoms with Crippen molar-refractivity contribution in [3.63, 3.8) is 0 Å². The van der Waals surface area contributed by atoms with Gasteiger partial charge in [0.05, 0.1) is 25.2 Å². The van der Waals surface area contributed by atoms with E-state index in [1.807, 2.05) is 75.4 Å². The van der Waals surface area contributed by atoms with Crippen molar-refractivity contribution in [3.8, 4) is 5.75 Å². The molecule has 1 aliphatic rings. The SMILES string of the molecule is CC(=O)N[C@H](C(=O)N[C@@H](CCCC1CCCCC1)C[C@H](O)[C@H](Cc1ccccc1)NC(=O)CCOc1ccc(C)cc1)C(C)C. The van der Waals surface area contributed by atoms with E-state index in [2.05, 4.69) is 16.0 Å². The lowest BCUT2D eigenvalue weighted by Gasteiger charge is -2.30. The molecule has 1 saturated carbocycles. The second kappa shape index (κ2) is 19.2. The highest BCUT2D eigenvalue weighted by molar-refractivity contribution is 5.87. The fourth-order valence-corrected chi connectivity index (χ4v) is 6.20. The number of nitrogens with one attached hydrogen (secondary N) is 3. The fourth-order valence-electron chi connectivity index (χ4n) is 6.20. The molecule has 0 spiro atoms. The van der Waals surface area contributed by atoms with Crippen molar-refractivity contribution in [2.75, 3.05) is 6.61 Å². The van der Waals surface area contributed by atoms with Gasteiger partial charge in [-0.1, -0.05) is 107 Å². The van der Waals surface area contributed by atoms with Gasteiger partial charge in [-0.05, 0) is 55.7 Å². The first kappa shape index (κ1) is 36.1. The van der Waals surface area contributed by atoms with Crippen LogP contribution in [0.15, 0.2) is 54.6 Å². The van der Waals surface area contributed by atoms with Gasteiger partial charge in [0.1, 0.15) is 11.8 Å². The third-order valence-electron chi connectivity index (χ3n) is 8.80. The molecule has 0 aromatic heterocycles. The van der Waals surface area contributed by atoms with E-state index in [4.69, 9.17) is 4.74 Å². The maximum atomic E-state index is 13.4. The first-order valence-electron chi connectivity index (χ1n) is 16.9. The third-order valence-corrected chi connectivity index (χ3v) is 8.80. The Morgan fingerprint density at radius 1 is 0.933 bits per heavy atom. The second-order valence-corrected chi connectivity index (χ2v) is 13.1. The molecule has 2 aromatic carbocycles. The molecule has 1 fully saturated rings. The van der Waals surface area contributed by atoms with Gasteiger partial charge < -0.3 is 25.8 Å². The Morgan fingerprint density at radius 2 is 1.62 bits per heavy atom. The number of aryl methyl sites for hydroxylation is 1. The van der Waals surface area contributed by atoms with Gasteiger partial charge in [-0.15, -0.1) is 0 Å². The molecule has 8 heteroatoms. The van der Waals surface area contributed by atoms with E-state index in [0.717, 1.165) is 36.3 Å². The van der Waals surface area contributed by atoms with Gasteiger partial charge in [-0.3, -0.25) is 14.4 Å². The van der Waals surface area contributed by atoms with Crippen LogP contribution in [-0.2, 0) is 20.8 Å². The highest BCUT2D eigenvalue weighted by Gasteiger charge is 2.29. The van der Waals surface area contributed by atoms with Crippen LogP contribution in [0.25, 0.3) is 0 Å². The lowest BCUT2D eigenvalue weighted by molar-refractivity contribution is -0.130. The monoisotopic (exact) mass is 621 g/mol. The fraction of sp³-hybridized carbons (Fsp3) is 0.595. The van der Waals surface area contributed by atoms with E-state index in [-0.39, 0.29) is 42.7 Å². The van der Waals surface area contributed by atoms with Crippen LogP contribution in [0.3, 0.4) is 0 Å². The summed E-state index contributed by atoms with van der Waals surface area (Å²) in [5.74, 6) is 0.635. The molecule has 0 aliphatic heterocycles. The Kier molecular flexibility index (Phi) is 15.4. The number of aliphatic hydroxyl groups is 1. The normalized spacial score (nSPS) is 16.3. The van der Waals surface area contributed by atoms with Crippen molar-refractivity contribution >= 4 is 17.7 Å². The maximum Gasteiger partial charge on any atom is 0.243 e. The first-order valence-corrected chi connectivity index (χ1v) is 16.9. The summed E-state index contributed by atoms with van der Waals surface area (Å²) in [6.07, 6.45) is 9.18. The molecule has 2 aromatic rings. The number of rotatable bonds is 18. The predicted molar refractivity (Wildman–Crippen MR) is 179 cm³/mol. The number of carbonyl (C=O) groups excluding carboxylic acids is 3. The van der Waals surface area contributed by atoms with Crippen LogP contribution in [0, 0.1) is 18.8 Å². The van der Waals surface area contributed by atoms with E-state index in [9.17, 15) is 19.5 Å². The molecule has 0 saturated heterocycles. The van der Waals surface area contributed by atoms with Gasteiger partial charge in [0.15, 0.2) is 0 Å². The molecule has 4 atom stereocenters. The van der Waals surface area contributed by atoms with E-state index in [1.54, 1.807) is 0 Å². The number of aliphatic hydroxyl groups excluding tert-OH is 1. The summed E-state index contributed by atoms with van der Waals surface area (Å²) < 4.78 is 5.76. The smallest absolute Gasteiger partial charge is 0.243 e. The van der Waals surface area contributed by atoms with Gasteiger partial charge in [0.25, 0.3) is 0 Å². The molecule has 4 N–H and O–H groups in total. The zero-order valence-corrected chi connectivity index (χ0v) is 27.7. The Hall–Kier alpha value is -3.39. The van der Waals surface area contributed by atoms with Crippen LogP contribution in [-0.4, -0.2) is 53.7 Å². The minimum absolute atomic E-state index is 0.0889. The topological polar surface area (TPSA) is 117 Å². The Bertz CT molecular complexity index is 1160. The van der Waals surface area contributed by atoms with Crippen molar-refractivity contribution < 1.29 is 24.2 Å². The van der Waals surface area contributed by atoms with Crippen molar-refractivity contribution in [3.05, 3.63) is 65.7 Å². The van der Waals surface area contributed by atoms with Gasteiger partial charge in [-0.25, -0.2) is 0 Å². The van der Waals surface area contributed by atoms with Crippen LogP contribution in [0.2, 0.25) is 0 Å². The summed E-state index contributed by atoms with van der Waals surface area (Å²) in [6, 6.07) is 16.0. The summed E-state index contributed by atoms with van der Waals surface area (Å²) >= 11 is 0. The highest BCUT2D eigenvalue weighted by Crippen LogP contribution is 2.28. The third kappa shape index (κ3) is 13.6. The number of hydrogen-bond acceptors (Lipinski definition) is 5. The van der Waals surface area contributed by atoms with Gasteiger partial charge in [0, 0.05) is 13.0 Å². The number of amides is 3. The maximum absolute atomic E-state index is 13.4. The van der Waals surface area contributed by atoms with Crippen LogP contribution < -0.4 is 20.7 Å². The summed E-state index contributed by atoms with van der Waals surface area (Å²) in [4.78, 5) is 38.3. The Balaban J connectivity index is 1.68. The van der Waals surface area contributed by atoms with Crippen LogP contribution >= 0.6 is 0 Å². The van der Waals surface area contributed by atoms with E-state index in [0.29, 0.717) is 18.6 Å². The van der Waals surface area contributed by atoms with Crippen molar-refractivity contribution in [2.45, 2.75) is 123 Å². The number of ether oxygens (including phenoxy) is 1. The van der Waals surface area contributed by atoms with Crippen molar-refractivity contribution in [1.82, 2.24) is 16.0 Å². The average Bonchev–Trinajstić information content (AvgIpc) is 3.01. The molecule has 45 heavy (non-hydrogen) atoms. The van der Waals surface area contributed by atoms with Crippen LogP contribution in [0.4, 0.5) is 0 Å². The molecule has 0 bridgehead atoms. The Morgan fingerprint density at radius 3 is 2.27 bits per heavy atom. The van der Waals surface area contributed by atoms with Crippen LogP contribution in [0.5, 0.6) is 5.75 Å². The van der Waals surface area contributed by atoms with Gasteiger partial charge in [-0.2, -0.15) is 0 Å². The molecule has 0 radical (unpaired) electrons. The van der Waals surface area contributed by atoms with Crippen molar-refractivity contribution in [1.29, 1.82) is 0 Å². The summed E-state index contributed by atoms with van der Waals surface area (Å²) in [5, 5.41) is 20.6. The molecule has 0 unspecified atom stereocenters. The Labute approximate surface area is 270 Å². The zero-order valence-electron chi connectivity index (χ0n) is 27.7. The van der Waals surface area contributed by atoms with E-state index >= 15 is 0 Å². The average molecular weight is 622 g/mol. The lowest BCUT2D eigenvalue weighted by atomic mass is 9.85.